The molecule has 0 saturated carbocycles. The Balaban J connectivity index is 1.59. The van der Waals surface area contributed by atoms with Gasteiger partial charge in [-0.25, -0.2) is 9.37 Å². The van der Waals surface area contributed by atoms with Crippen molar-refractivity contribution in [2.75, 3.05) is 5.73 Å². The highest BCUT2D eigenvalue weighted by Crippen LogP contribution is 2.37. The molecule has 1 aromatic carbocycles. The summed E-state index contributed by atoms with van der Waals surface area (Å²) in [5, 5.41) is 8.59. The molecule has 0 amide bonds. The number of benzene rings is 1. The molecule has 0 bridgehead atoms. The number of hydrogen-bond donors (Lipinski definition) is 1. The zero-order valence-corrected chi connectivity index (χ0v) is 19.1. The van der Waals surface area contributed by atoms with E-state index >= 15 is 0 Å². The van der Waals surface area contributed by atoms with Crippen LogP contribution in [0, 0.1) is 19.7 Å². The molecule has 1 unspecified atom stereocenters. The fourth-order valence-electron chi connectivity index (χ4n) is 3.36. The summed E-state index contributed by atoms with van der Waals surface area (Å²) in [6.07, 6.45) is 4.57. The lowest BCUT2D eigenvalue weighted by Gasteiger charge is -2.19. The van der Waals surface area contributed by atoms with E-state index in [1.54, 1.807) is 30.1 Å². The standard InChI is InChI=1S/C22H20Cl2FN5O2/c1-11-16(12(2)32-29-11)10-30-9-15(8-28-30)14-6-19(22(26)27-7-14)31-13(3)20-17(23)4-5-18(25)21(20)24/h4-9,13H,10H2,1-3H3,(H2,26,27). The zero-order valence-electron chi connectivity index (χ0n) is 17.6. The summed E-state index contributed by atoms with van der Waals surface area (Å²) in [4.78, 5) is 4.23. The third-order valence-corrected chi connectivity index (χ3v) is 5.85. The van der Waals surface area contributed by atoms with E-state index in [0.29, 0.717) is 22.9 Å². The summed E-state index contributed by atoms with van der Waals surface area (Å²) >= 11 is 12.3. The van der Waals surface area contributed by atoms with Gasteiger partial charge >= 0.3 is 0 Å². The smallest absolute Gasteiger partial charge is 0.166 e. The highest BCUT2D eigenvalue weighted by atomic mass is 35.5. The first-order valence-corrected chi connectivity index (χ1v) is 10.5. The van der Waals surface area contributed by atoms with E-state index in [9.17, 15) is 4.39 Å². The third-order valence-electron chi connectivity index (χ3n) is 5.14. The Morgan fingerprint density at radius 3 is 2.72 bits per heavy atom. The molecule has 0 aliphatic rings. The van der Waals surface area contributed by atoms with Gasteiger partial charge in [0.05, 0.1) is 23.5 Å². The van der Waals surface area contributed by atoms with Gasteiger partial charge in [0.15, 0.2) is 11.6 Å². The van der Waals surface area contributed by atoms with Gasteiger partial charge < -0.3 is 15.0 Å². The largest absolute Gasteiger partial charge is 0.482 e. The van der Waals surface area contributed by atoms with Crippen molar-refractivity contribution in [2.45, 2.75) is 33.4 Å². The fraction of sp³-hybridized carbons (Fsp3) is 0.227. The molecule has 0 fully saturated rings. The van der Waals surface area contributed by atoms with Crippen LogP contribution in [0.25, 0.3) is 11.1 Å². The zero-order chi connectivity index (χ0) is 23.0. The number of aromatic nitrogens is 4. The molecule has 3 aromatic heterocycles. The highest BCUT2D eigenvalue weighted by molar-refractivity contribution is 6.36. The lowest BCUT2D eigenvalue weighted by atomic mass is 10.1. The van der Waals surface area contributed by atoms with Crippen molar-refractivity contribution >= 4 is 29.0 Å². The summed E-state index contributed by atoms with van der Waals surface area (Å²) in [5.41, 5.74) is 9.74. The molecular formula is C22H20Cl2FN5O2. The van der Waals surface area contributed by atoms with Crippen molar-refractivity contribution < 1.29 is 13.7 Å². The number of aryl methyl sites for hydroxylation is 2. The minimum Gasteiger partial charge on any atom is -0.482 e. The Bertz CT molecular complexity index is 1270. The molecule has 1 atom stereocenters. The van der Waals surface area contributed by atoms with Gasteiger partial charge in [-0.05, 0) is 39.0 Å². The molecule has 7 nitrogen and oxygen atoms in total. The number of nitrogen functional groups attached to an aromatic ring is 1. The maximum Gasteiger partial charge on any atom is 0.166 e. The summed E-state index contributed by atoms with van der Waals surface area (Å²) in [5.74, 6) is 0.692. The SMILES string of the molecule is Cc1noc(C)c1Cn1cc(-c2cnc(N)c(OC(C)c3c(Cl)ccc(F)c3Cl)c2)cn1. The molecule has 166 valence electrons. The van der Waals surface area contributed by atoms with Crippen LogP contribution >= 0.6 is 23.2 Å². The van der Waals surface area contributed by atoms with Crippen molar-refractivity contribution in [2.24, 2.45) is 0 Å². The topological polar surface area (TPSA) is 92.0 Å². The lowest BCUT2D eigenvalue weighted by Crippen LogP contribution is -2.08. The average molecular weight is 476 g/mol. The van der Waals surface area contributed by atoms with E-state index < -0.39 is 11.9 Å². The van der Waals surface area contributed by atoms with Crippen LogP contribution in [0.4, 0.5) is 10.2 Å². The first-order chi connectivity index (χ1) is 15.2. The lowest BCUT2D eigenvalue weighted by molar-refractivity contribution is 0.227. The van der Waals surface area contributed by atoms with Crippen molar-refractivity contribution in [3.8, 4) is 16.9 Å². The fourth-order valence-corrected chi connectivity index (χ4v) is 4.04. The second kappa shape index (κ2) is 8.80. The molecule has 3 heterocycles. The number of nitrogens with two attached hydrogens (primary N) is 1. The van der Waals surface area contributed by atoms with Crippen molar-refractivity contribution in [1.82, 2.24) is 19.9 Å². The van der Waals surface area contributed by atoms with E-state index in [0.717, 1.165) is 28.1 Å². The Labute approximate surface area is 193 Å². The van der Waals surface area contributed by atoms with Gasteiger partial charge in [0.1, 0.15) is 17.7 Å². The molecule has 4 rings (SSSR count). The Morgan fingerprint density at radius 2 is 2.00 bits per heavy atom. The molecule has 32 heavy (non-hydrogen) atoms. The molecular weight excluding hydrogens is 456 g/mol. The van der Waals surface area contributed by atoms with Crippen LogP contribution in [0.15, 0.2) is 41.3 Å². The summed E-state index contributed by atoms with van der Waals surface area (Å²) in [6, 6.07) is 4.39. The summed E-state index contributed by atoms with van der Waals surface area (Å²) in [6.45, 7) is 5.99. The van der Waals surface area contributed by atoms with E-state index in [1.165, 1.54) is 12.1 Å². The van der Waals surface area contributed by atoms with Crippen molar-refractivity contribution in [3.63, 3.8) is 0 Å². The van der Waals surface area contributed by atoms with Crippen LogP contribution in [-0.2, 0) is 6.54 Å². The molecule has 0 spiro atoms. The van der Waals surface area contributed by atoms with Crippen LogP contribution in [0.1, 0.15) is 35.6 Å². The van der Waals surface area contributed by atoms with Crippen molar-refractivity contribution in [1.29, 1.82) is 0 Å². The van der Waals surface area contributed by atoms with Crippen LogP contribution in [0.5, 0.6) is 5.75 Å². The highest BCUT2D eigenvalue weighted by Gasteiger charge is 2.20. The number of halogens is 3. The van der Waals surface area contributed by atoms with Crippen molar-refractivity contribution in [3.05, 3.63) is 75.2 Å². The summed E-state index contributed by atoms with van der Waals surface area (Å²) in [7, 11) is 0. The monoisotopic (exact) mass is 475 g/mol. The summed E-state index contributed by atoms with van der Waals surface area (Å²) < 4.78 is 26.9. The molecule has 2 N–H and O–H groups in total. The predicted molar refractivity (Wildman–Crippen MR) is 120 cm³/mol. The molecule has 0 aliphatic carbocycles. The van der Waals surface area contributed by atoms with Gasteiger partial charge in [0, 0.05) is 39.7 Å². The maximum absolute atomic E-state index is 13.9. The van der Waals surface area contributed by atoms with Gasteiger partial charge in [0.25, 0.3) is 0 Å². The minimum absolute atomic E-state index is 0.0896. The van der Waals surface area contributed by atoms with Crippen LogP contribution in [0.2, 0.25) is 10.0 Å². The normalized spacial score (nSPS) is 12.2. The van der Waals surface area contributed by atoms with Crippen LogP contribution in [0.3, 0.4) is 0 Å². The van der Waals surface area contributed by atoms with Gasteiger partial charge in [-0.3, -0.25) is 4.68 Å². The quantitative estimate of drug-likeness (QED) is 0.356. The minimum atomic E-state index is -0.660. The van der Waals surface area contributed by atoms with Crippen LogP contribution < -0.4 is 10.5 Å². The number of ether oxygens (including phenoxy) is 1. The first-order valence-electron chi connectivity index (χ1n) is 9.74. The molecule has 0 aliphatic heterocycles. The first kappa shape index (κ1) is 22.1. The average Bonchev–Trinajstić information content (AvgIpc) is 3.35. The van der Waals surface area contributed by atoms with Crippen LogP contribution in [-0.4, -0.2) is 19.9 Å². The number of rotatable bonds is 6. The van der Waals surface area contributed by atoms with Gasteiger partial charge in [-0.15, -0.1) is 0 Å². The Kier molecular flexibility index (Phi) is 6.08. The Hall–Kier alpha value is -3.10. The molecule has 10 heteroatoms. The second-order valence-electron chi connectivity index (χ2n) is 7.35. The maximum atomic E-state index is 13.9. The number of pyridine rings is 1. The van der Waals surface area contributed by atoms with E-state index in [-0.39, 0.29) is 10.8 Å². The predicted octanol–water partition coefficient (Wildman–Crippen LogP) is 5.77. The van der Waals surface area contributed by atoms with E-state index in [4.69, 9.17) is 38.2 Å². The van der Waals surface area contributed by atoms with E-state index in [2.05, 4.69) is 15.2 Å². The van der Waals surface area contributed by atoms with Gasteiger partial charge in [-0.1, -0.05) is 28.4 Å². The number of anilines is 1. The Morgan fingerprint density at radius 1 is 1.22 bits per heavy atom. The molecule has 4 aromatic rings. The molecule has 0 saturated heterocycles. The van der Waals surface area contributed by atoms with Gasteiger partial charge in [-0.2, -0.15) is 5.10 Å². The second-order valence-corrected chi connectivity index (χ2v) is 8.14. The van der Waals surface area contributed by atoms with Gasteiger partial charge in [0.2, 0.25) is 0 Å². The number of hydrogen-bond acceptors (Lipinski definition) is 6. The number of nitrogens with zero attached hydrogens (tertiary/aromatic N) is 4. The van der Waals surface area contributed by atoms with E-state index in [1.807, 2.05) is 20.0 Å². The molecule has 0 radical (unpaired) electrons. The third kappa shape index (κ3) is 4.28.